The maximum atomic E-state index is 12.0. The molecule has 0 saturated carbocycles. The fraction of sp³-hybridized carbons (Fsp3) is 0.231. The Labute approximate surface area is 120 Å². The van der Waals surface area contributed by atoms with Gasteiger partial charge in [0.05, 0.1) is 24.0 Å². The van der Waals surface area contributed by atoms with E-state index in [1.807, 2.05) is 6.07 Å². The number of aromatic nitrogens is 1. The average Bonchev–Trinajstić information content (AvgIpc) is 2.87. The van der Waals surface area contributed by atoms with Crippen LogP contribution in [-0.4, -0.2) is 10.9 Å². The zero-order valence-electron chi connectivity index (χ0n) is 10.4. The number of rotatable bonds is 4. The Kier molecular flexibility index (Phi) is 4.39. The Bertz CT molecular complexity index is 597. The van der Waals surface area contributed by atoms with Crippen molar-refractivity contribution in [3.05, 3.63) is 44.9 Å². The van der Waals surface area contributed by atoms with Crippen LogP contribution in [0.25, 0.3) is 0 Å². The molecule has 0 bridgehead atoms. The number of nitrogens with zero attached hydrogens (tertiary/aromatic N) is 1. The molecule has 3 N–H and O–H groups in total. The predicted molar refractivity (Wildman–Crippen MR) is 78.5 cm³/mol. The zero-order chi connectivity index (χ0) is 13.8. The van der Waals surface area contributed by atoms with Gasteiger partial charge in [0.1, 0.15) is 5.15 Å². The highest BCUT2D eigenvalue weighted by atomic mass is 35.5. The first-order valence-corrected chi connectivity index (χ1v) is 7.06. The molecular weight excluding hydrogens is 282 g/mol. The van der Waals surface area contributed by atoms with Gasteiger partial charge in [0.2, 0.25) is 0 Å². The molecule has 0 unspecified atom stereocenters. The van der Waals surface area contributed by atoms with Crippen molar-refractivity contribution in [2.75, 3.05) is 5.73 Å². The lowest BCUT2D eigenvalue weighted by Crippen LogP contribution is -2.23. The van der Waals surface area contributed by atoms with Crippen molar-refractivity contribution >= 4 is 34.5 Å². The summed E-state index contributed by atoms with van der Waals surface area (Å²) >= 11 is 7.56. The van der Waals surface area contributed by atoms with Crippen molar-refractivity contribution in [3.8, 4) is 0 Å². The summed E-state index contributed by atoms with van der Waals surface area (Å²) in [5.74, 6) is -0.267. The third kappa shape index (κ3) is 3.45. The van der Waals surface area contributed by atoms with Crippen LogP contribution >= 0.6 is 22.9 Å². The lowest BCUT2D eigenvalue weighted by atomic mass is 10.2. The number of nitrogens with two attached hydrogens (primary N) is 1. The van der Waals surface area contributed by atoms with E-state index in [-0.39, 0.29) is 11.1 Å². The lowest BCUT2D eigenvalue weighted by Gasteiger charge is -2.05. The first-order valence-electron chi connectivity index (χ1n) is 5.87. The number of carbonyl (C=O) groups excluding carboxylic acids is 1. The highest BCUT2D eigenvalue weighted by molar-refractivity contribution is 7.11. The molecule has 100 valence electrons. The standard InChI is InChI=1S/C13H14ClN3OS/c1-2-9-3-4-10(19-9)7-17-13(18)11-5-8(15)6-16-12(11)14/h3-6H,2,7,15H2,1H3,(H,17,18). The third-order valence-corrected chi connectivity index (χ3v) is 4.12. The number of anilines is 1. The number of halogens is 1. The minimum absolute atomic E-state index is 0.159. The summed E-state index contributed by atoms with van der Waals surface area (Å²) in [5.41, 5.74) is 6.31. The van der Waals surface area contributed by atoms with Gasteiger partial charge >= 0.3 is 0 Å². The van der Waals surface area contributed by atoms with Crippen molar-refractivity contribution in [3.63, 3.8) is 0 Å². The number of pyridine rings is 1. The number of nitrogens with one attached hydrogen (secondary N) is 1. The molecule has 0 aliphatic rings. The molecule has 0 aliphatic heterocycles. The van der Waals surface area contributed by atoms with Crippen LogP contribution in [0.15, 0.2) is 24.4 Å². The molecule has 4 nitrogen and oxygen atoms in total. The monoisotopic (exact) mass is 295 g/mol. The first kappa shape index (κ1) is 13.8. The van der Waals surface area contributed by atoms with Crippen LogP contribution in [0.2, 0.25) is 5.15 Å². The molecule has 0 spiro atoms. The quantitative estimate of drug-likeness (QED) is 0.852. The molecule has 0 saturated heterocycles. The van der Waals surface area contributed by atoms with E-state index in [2.05, 4.69) is 23.3 Å². The maximum absolute atomic E-state index is 12.0. The van der Waals surface area contributed by atoms with Crippen LogP contribution < -0.4 is 11.1 Å². The molecule has 2 aromatic rings. The highest BCUT2D eigenvalue weighted by Gasteiger charge is 2.12. The van der Waals surface area contributed by atoms with Crippen molar-refractivity contribution < 1.29 is 4.79 Å². The number of hydrogen-bond acceptors (Lipinski definition) is 4. The maximum Gasteiger partial charge on any atom is 0.254 e. The fourth-order valence-electron chi connectivity index (χ4n) is 1.59. The van der Waals surface area contributed by atoms with Gasteiger partial charge in [-0.2, -0.15) is 0 Å². The van der Waals surface area contributed by atoms with Gasteiger partial charge in [-0.1, -0.05) is 18.5 Å². The van der Waals surface area contributed by atoms with E-state index < -0.39 is 0 Å². The Morgan fingerprint density at radius 2 is 2.21 bits per heavy atom. The topological polar surface area (TPSA) is 68.0 Å². The first-order chi connectivity index (χ1) is 9.10. The summed E-state index contributed by atoms with van der Waals surface area (Å²) in [6, 6.07) is 5.61. The molecule has 0 radical (unpaired) electrons. The van der Waals surface area contributed by atoms with Gasteiger partial charge in [-0.3, -0.25) is 4.79 Å². The van der Waals surface area contributed by atoms with Gasteiger partial charge in [-0.05, 0) is 24.6 Å². The van der Waals surface area contributed by atoms with E-state index in [0.717, 1.165) is 11.3 Å². The number of carbonyl (C=O) groups is 1. The van der Waals surface area contributed by atoms with Crippen molar-refractivity contribution in [1.29, 1.82) is 0 Å². The minimum atomic E-state index is -0.267. The molecule has 0 aromatic carbocycles. The zero-order valence-corrected chi connectivity index (χ0v) is 12.0. The van der Waals surface area contributed by atoms with Gasteiger partial charge < -0.3 is 11.1 Å². The van der Waals surface area contributed by atoms with E-state index in [0.29, 0.717) is 17.8 Å². The number of thiophene rings is 1. The van der Waals surface area contributed by atoms with Crippen molar-refractivity contribution in [2.24, 2.45) is 0 Å². The Balaban J connectivity index is 2.03. The van der Waals surface area contributed by atoms with Crippen LogP contribution in [0, 0.1) is 0 Å². The molecule has 2 aromatic heterocycles. The van der Waals surface area contributed by atoms with Crippen LogP contribution in [0.4, 0.5) is 5.69 Å². The van der Waals surface area contributed by atoms with Crippen molar-refractivity contribution in [1.82, 2.24) is 10.3 Å². The smallest absolute Gasteiger partial charge is 0.254 e. The molecule has 0 fully saturated rings. The molecule has 0 atom stereocenters. The highest BCUT2D eigenvalue weighted by Crippen LogP contribution is 2.18. The number of amides is 1. The molecule has 1 amide bonds. The van der Waals surface area contributed by atoms with Gasteiger partial charge in [0, 0.05) is 9.75 Å². The van der Waals surface area contributed by atoms with E-state index in [1.54, 1.807) is 11.3 Å². The summed E-state index contributed by atoms with van der Waals surface area (Å²) in [5, 5.41) is 2.97. The van der Waals surface area contributed by atoms with Crippen LogP contribution in [0.5, 0.6) is 0 Å². The van der Waals surface area contributed by atoms with E-state index in [9.17, 15) is 4.79 Å². The normalized spacial score (nSPS) is 10.4. The second kappa shape index (κ2) is 6.04. The second-order valence-electron chi connectivity index (χ2n) is 4.01. The number of hydrogen-bond donors (Lipinski definition) is 2. The predicted octanol–water partition coefficient (Wildman–Crippen LogP) is 2.87. The minimum Gasteiger partial charge on any atom is -0.397 e. The summed E-state index contributed by atoms with van der Waals surface area (Å²) in [7, 11) is 0. The lowest BCUT2D eigenvalue weighted by molar-refractivity contribution is 0.0951. The summed E-state index contributed by atoms with van der Waals surface area (Å²) in [6.45, 7) is 2.58. The fourth-order valence-corrected chi connectivity index (χ4v) is 2.68. The van der Waals surface area contributed by atoms with Gasteiger partial charge in [0.15, 0.2) is 0 Å². The average molecular weight is 296 g/mol. The second-order valence-corrected chi connectivity index (χ2v) is 5.62. The molecule has 2 heterocycles. The molecule has 2 rings (SSSR count). The molecule has 0 aliphatic carbocycles. The number of nitrogen functional groups attached to an aromatic ring is 1. The van der Waals surface area contributed by atoms with Crippen LogP contribution in [0.1, 0.15) is 27.0 Å². The molecule has 6 heteroatoms. The number of aryl methyl sites for hydroxylation is 1. The molecule has 19 heavy (non-hydrogen) atoms. The summed E-state index contributed by atoms with van der Waals surface area (Å²) in [4.78, 5) is 18.2. The van der Waals surface area contributed by atoms with E-state index >= 15 is 0 Å². The van der Waals surface area contributed by atoms with Crippen LogP contribution in [-0.2, 0) is 13.0 Å². The van der Waals surface area contributed by atoms with Gasteiger partial charge in [-0.15, -0.1) is 11.3 Å². The van der Waals surface area contributed by atoms with Gasteiger partial charge in [-0.25, -0.2) is 4.98 Å². The largest absolute Gasteiger partial charge is 0.397 e. The van der Waals surface area contributed by atoms with Crippen LogP contribution in [0.3, 0.4) is 0 Å². The van der Waals surface area contributed by atoms with Crippen molar-refractivity contribution in [2.45, 2.75) is 19.9 Å². The third-order valence-electron chi connectivity index (χ3n) is 2.59. The van der Waals surface area contributed by atoms with E-state index in [1.165, 1.54) is 17.1 Å². The summed E-state index contributed by atoms with van der Waals surface area (Å²) in [6.07, 6.45) is 2.43. The molecular formula is C13H14ClN3OS. The Morgan fingerprint density at radius 3 is 2.89 bits per heavy atom. The Hall–Kier alpha value is -1.59. The SMILES string of the molecule is CCc1ccc(CNC(=O)c2cc(N)cnc2Cl)s1. The van der Waals surface area contributed by atoms with E-state index in [4.69, 9.17) is 17.3 Å². The Morgan fingerprint density at radius 1 is 1.47 bits per heavy atom. The summed E-state index contributed by atoms with van der Waals surface area (Å²) < 4.78 is 0. The van der Waals surface area contributed by atoms with Gasteiger partial charge in [0.25, 0.3) is 5.91 Å².